The molecule has 1 saturated heterocycles. The molecule has 0 bridgehead atoms. The van der Waals surface area contributed by atoms with Gasteiger partial charge in [-0.1, -0.05) is 18.2 Å². The topological polar surface area (TPSA) is 85.0 Å². The molecule has 0 spiro atoms. The summed E-state index contributed by atoms with van der Waals surface area (Å²) >= 11 is 0. The SMILES string of the molecule is CN1CCC[C@H]1COc1nc(OC(C)(C)C)c2ncc(C(O)c3ccccc3C(F)(F)F)n2n1. The quantitative estimate of drug-likeness (QED) is 0.574. The van der Waals surface area contributed by atoms with Crippen LogP contribution in [0.1, 0.15) is 56.5 Å². The summed E-state index contributed by atoms with van der Waals surface area (Å²) in [7, 11) is 2.02. The van der Waals surface area contributed by atoms with E-state index in [1.807, 2.05) is 27.8 Å². The number of alkyl halides is 3. The minimum Gasteiger partial charge on any atom is -0.469 e. The number of rotatable bonds is 6. The third-order valence-corrected chi connectivity index (χ3v) is 5.66. The van der Waals surface area contributed by atoms with Gasteiger partial charge in [-0.2, -0.15) is 18.2 Å². The highest BCUT2D eigenvalue weighted by Crippen LogP contribution is 2.37. The first-order chi connectivity index (χ1) is 15.9. The predicted molar refractivity (Wildman–Crippen MR) is 118 cm³/mol. The zero-order valence-corrected chi connectivity index (χ0v) is 19.5. The first kappa shape index (κ1) is 24.2. The van der Waals surface area contributed by atoms with Crippen LogP contribution in [-0.4, -0.2) is 61.4 Å². The van der Waals surface area contributed by atoms with E-state index in [1.165, 1.54) is 28.9 Å². The fraction of sp³-hybridized carbons (Fsp3) is 0.522. The molecule has 2 aromatic heterocycles. The van der Waals surface area contributed by atoms with Gasteiger partial charge in [0.15, 0.2) is 0 Å². The van der Waals surface area contributed by atoms with E-state index >= 15 is 0 Å². The number of likely N-dealkylation sites (N-methyl/N-ethyl adjacent to an activating group) is 1. The minimum atomic E-state index is -4.63. The lowest BCUT2D eigenvalue weighted by molar-refractivity contribution is -0.139. The summed E-state index contributed by atoms with van der Waals surface area (Å²) in [5.41, 5.74) is -1.66. The number of halogens is 3. The van der Waals surface area contributed by atoms with E-state index in [0.29, 0.717) is 6.61 Å². The average molecular weight is 480 g/mol. The number of ether oxygens (including phenoxy) is 2. The fourth-order valence-corrected chi connectivity index (χ4v) is 3.97. The van der Waals surface area contributed by atoms with Gasteiger partial charge < -0.3 is 19.5 Å². The van der Waals surface area contributed by atoms with Gasteiger partial charge in [-0.3, -0.25) is 0 Å². The van der Waals surface area contributed by atoms with Crippen molar-refractivity contribution in [2.24, 2.45) is 0 Å². The van der Waals surface area contributed by atoms with Crippen molar-refractivity contribution >= 4 is 5.65 Å². The lowest BCUT2D eigenvalue weighted by atomic mass is 10.0. The Kier molecular flexibility index (Phi) is 6.43. The zero-order valence-electron chi connectivity index (χ0n) is 19.5. The van der Waals surface area contributed by atoms with Crippen LogP contribution < -0.4 is 9.47 Å². The Hall–Kier alpha value is -2.92. The summed E-state index contributed by atoms with van der Waals surface area (Å²) in [5.74, 6) is 0.111. The van der Waals surface area contributed by atoms with Gasteiger partial charge in [-0.15, -0.1) is 5.10 Å². The minimum absolute atomic E-state index is 0.0115. The van der Waals surface area contributed by atoms with Crippen molar-refractivity contribution in [1.82, 2.24) is 24.5 Å². The first-order valence-corrected chi connectivity index (χ1v) is 11.1. The molecule has 4 rings (SSSR count). The summed E-state index contributed by atoms with van der Waals surface area (Å²) in [5, 5.41) is 15.3. The van der Waals surface area contributed by atoms with Gasteiger partial charge in [-0.05, 0) is 58.8 Å². The molecule has 8 nitrogen and oxygen atoms in total. The predicted octanol–water partition coefficient (Wildman–Crippen LogP) is 3.88. The van der Waals surface area contributed by atoms with Crippen LogP contribution in [0.15, 0.2) is 30.5 Å². The molecular formula is C23H28F3N5O3. The number of nitrogens with zero attached hydrogens (tertiary/aromatic N) is 5. The molecule has 1 aliphatic rings. The van der Waals surface area contributed by atoms with E-state index in [1.54, 1.807) is 0 Å². The summed E-state index contributed by atoms with van der Waals surface area (Å²) in [6, 6.07) is 5.07. The van der Waals surface area contributed by atoms with Crippen molar-refractivity contribution in [3.8, 4) is 11.9 Å². The Morgan fingerprint density at radius 1 is 1.21 bits per heavy atom. The van der Waals surface area contributed by atoms with Crippen LogP contribution >= 0.6 is 0 Å². The first-order valence-electron chi connectivity index (χ1n) is 11.1. The van der Waals surface area contributed by atoms with Crippen LogP contribution in [0, 0.1) is 0 Å². The number of imidazole rings is 1. The van der Waals surface area contributed by atoms with Gasteiger partial charge in [0.05, 0.1) is 17.5 Å². The van der Waals surface area contributed by atoms with Crippen molar-refractivity contribution in [2.45, 2.75) is 57.5 Å². The lowest BCUT2D eigenvalue weighted by Crippen LogP contribution is -2.31. The van der Waals surface area contributed by atoms with Crippen LogP contribution in [-0.2, 0) is 6.18 Å². The second-order valence-electron chi connectivity index (χ2n) is 9.41. The van der Waals surface area contributed by atoms with E-state index in [-0.39, 0.29) is 34.8 Å². The van der Waals surface area contributed by atoms with E-state index in [4.69, 9.17) is 9.47 Å². The van der Waals surface area contributed by atoms with Crippen molar-refractivity contribution in [1.29, 1.82) is 0 Å². The standard InChI is InChI=1S/C23H28F3N5O3/c1-22(2,3)34-20-19-27-12-17(18(32)15-9-5-6-10-16(15)23(24,25)26)31(19)29-21(28-20)33-13-14-8-7-11-30(14)4/h5-6,9-10,12,14,18,32H,7-8,11,13H2,1-4H3/t14-,18?/m0/s1. The van der Waals surface area contributed by atoms with Gasteiger partial charge in [0.1, 0.15) is 18.3 Å². The third kappa shape index (κ3) is 5.10. The molecule has 3 heterocycles. The number of hydrogen-bond donors (Lipinski definition) is 1. The number of aliphatic hydroxyl groups excluding tert-OH is 1. The van der Waals surface area contributed by atoms with Crippen LogP contribution in [0.2, 0.25) is 0 Å². The number of hydrogen-bond acceptors (Lipinski definition) is 7. The molecule has 1 unspecified atom stereocenters. The molecular weight excluding hydrogens is 451 g/mol. The number of fused-ring (bicyclic) bond motifs is 1. The van der Waals surface area contributed by atoms with Crippen molar-refractivity contribution in [3.05, 3.63) is 47.3 Å². The average Bonchev–Trinajstić information content (AvgIpc) is 3.36. The maximum absolute atomic E-state index is 13.6. The van der Waals surface area contributed by atoms with E-state index < -0.39 is 23.4 Å². The second kappa shape index (κ2) is 9.03. The molecule has 11 heteroatoms. The van der Waals surface area contributed by atoms with Gasteiger partial charge in [0, 0.05) is 6.04 Å². The van der Waals surface area contributed by atoms with Crippen LogP contribution in [0.5, 0.6) is 11.9 Å². The van der Waals surface area contributed by atoms with Crippen molar-refractivity contribution in [3.63, 3.8) is 0 Å². The lowest BCUT2D eigenvalue weighted by Gasteiger charge is -2.22. The summed E-state index contributed by atoms with van der Waals surface area (Å²) in [6.45, 7) is 6.82. The number of likely N-dealkylation sites (tertiary alicyclic amines) is 1. The van der Waals surface area contributed by atoms with Crippen molar-refractivity contribution in [2.75, 3.05) is 20.2 Å². The van der Waals surface area contributed by atoms with Crippen LogP contribution in [0.25, 0.3) is 5.65 Å². The Balaban J connectivity index is 1.75. The van der Waals surface area contributed by atoms with Gasteiger partial charge in [0.25, 0.3) is 5.88 Å². The molecule has 3 aromatic rings. The summed E-state index contributed by atoms with van der Waals surface area (Å²) in [4.78, 5) is 10.8. The maximum Gasteiger partial charge on any atom is 0.416 e. The third-order valence-electron chi connectivity index (χ3n) is 5.66. The summed E-state index contributed by atoms with van der Waals surface area (Å²) in [6.07, 6.45) is -2.95. The molecule has 0 saturated carbocycles. The molecule has 0 amide bonds. The number of aromatic nitrogens is 4. The van der Waals surface area contributed by atoms with Gasteiger partial charge in [0.2, 0.25) is 5.65 Å². The highest BCUT2D eigenvalue weighted by atomic mass is 19.4. The van der Waals surface area contributed by atoms with E-state index in [9.17, 15) is 18.3 Å². The Morgan fingerprint density at radius 2 is 1.94 bits per heavy atom. The molecule has 2 atom stereocenters. The molecule has 0 aliphatic carbocycles. The van der Waals surface area contributed by atoms with E-state index in [2.05, 4.69) is 20.0 Å². The normalized spacial score (nSPS) is 18.4. The molecule has 34 heavy (non-hydrogen) atoms. The Labute approximate surface area is 195 Å². The zero-order chi connectivity index (χ0) is 24.7. The highest BCUT2D eigenvalue weighted by Gasteiger charge is 2.36. The monoisotopic (exact) mass is 479 g/mol. The molecule has 1 fully saturated rings. The number of aliphatic hydroxyl groups is 1. The molecule has 1 aromatic carbocycles. The maximum atomic E-state index is 13.6. The largest absolute Gasteiger partial charge is 0.469 e. The summed E-state index contributed by atoms with van der Waals surface area (Å²) < 4.78 is 53.7. The van der Waals surface area contributed by atoms with Gasteiger partial charge in [-0.25, -0.2) is 9.50 Å². The Bertz CT molecular complexity index is 1160. The Morgan fingerprint density at radius 3 is 2.59 bits per heavy atom. The van der Waals surface area contributed by atoms with Crippen LogP contribution in [0.4, 0.5) is 13.2 Å². The van der Waals surface area contributed by atoms with Crippen LogP contribution in [0.3, 0.4) is 0 Å². The van der Waals surface area contributed by atoms with E-state index in [0.717, 1.165) is 25.5 Å². The van der Waals surface area contributed by atoms with Gasteiger partial charge >= 0.3 is 12.2 Å². The molecule has 1 aliphatic heterocycles. The smallest absolute Gasteiger partial charge is 0.416 e. The van der Waals surface area contributed by atoms with Crippen molar-refractivity contribution < 1.29 is 27.8 Å². The highest BCUT2D eigenvalue weighted by molar-refractivity contribution is 5.51. The fourth-order valence-electron chi connectivity index (χ4n) is 3.97. The molecule has 0 radical (unpaired) electrons. The second-order valence-corrected chi connectivity index (χ2v) is 9.41. The molecule has 1 N–H and O–H groups in total. The number of benzene rings is 1. The molecule has 184 valence electrons.